The molecule has 2 fully saturated rings. The number of carbonyl (C=O) groups is 1. The van der Waals surface area contributed by atoms with Gasteiger partial charge >= 0.3 is 0 Å². The predicted octanol–water partition coefficient (Wildman–Crippen LogP) is 3.00. The molecule has 29 heavy (non-hydrogen) atoms. The standard InChI is InChI=1S/C22H25N5O2/c28-18-9-7-16(8-10-18)25-20-21-24-13-19(27(21)12-11-23-20)14-1-3-15(4-2-14)22(29)26-17-5-6-17/h1-4,11-13,16-18,28H,5-10H2,(H,23,25)(H,26,29). The van der Waals surface area contributed by atoms with Crippen LogP contribution in [0.15, 0.2) is 42.9 Å². The maximum atomic E-state index is 12.2. The van der Waals surface area contributed by atoms with E-state index in [2.05, 4.69) is 20.6 Å². The first kappa shape index (κ1) is 18.1. The van der Waals surface area contributed by atoms with Crippen molar-refractivity contribution in [3.63, 3.8) is 0 Å². The van der Waals surface area contributed by atoms with E-state index in [1.807, 2.05) is 41.1 Å². The minimum Gasteiger partial charge on any atom is -0.393 e. The predicted molar refractivity (Wildman–Crippen MR) is 111 cm³/mol. The molecule has 2 aliphatic rings. The average Bonchev–Trinajstić information content (AvgIpc) is 3.45. The summed E-state index contributed by atoms with van der Waals surface area (Å²) in [5, 5.41) is 16.2. The van der Waals surface area contributed by atoms with Gasteiger partial charge in [-0.3, -0.25) is 9.20 Å². The van der Waals surface area contributed by atoms with Crippen LogP contribution in [0.5, 0.6) is 0 Å². The van der Waals surface area contributed by atoms with Gasteiger partial charge < -0.3 is 15.7 Å². The molecule has 5 rings (SSSR count). The van der Waals surface area contributed by atoms with Crippen LogP contribution in [0, 0.1) is 0 Å². The lowest BCUT2D eigenvalue weighted by Crippen LogP contribution is -2.28. The second-order valence-electron chi connectivity index (χ2n) is 8.09. The van der Waals surface area contributed by atoms with Gasteiger partial charge in [-0.2, -0.15) is 0 Å². The molecule has 2 aromatic heterocycles. The van der Waals surface area contributed by atoms with E-state index < -0.39 is 0 Å². The number of aliphatic hydroxyl groups is 1. The van der Waals surface area contributed by atoms with Crippen molar-refractivity contribution in [1.82, 2.24) is 19.7 Å². The fourth-order valence-electron chi connectivity index (χ4n) is 3.94. The minimum atomic E-state index is -0.177. The molecule has 2 aliphatic carbocycles. The van der Waals surface area contributed by atoms with Gasteiger partial charge in [0, 0.05) is 35.6 Å². The Balaban J connectivity index is 1.37. The molecule has 3 aromatic rings. The van der Waals surface area contributed by atoms with Crippen molar-refractivity contribution in [3.8, 4) is 11.3 Å². The normalized spacial score (nSPS) is 21.8. The van der Waals surface area contributed by atoms with E-state index in [1.54, 1.807) is 6.20 Å². The molecule has 1 aromatic carbocycles. The second kappa shape index (κ2) is 7.48. The summed E-state index contributed by atoms with van der Waals surface area (Å²) in [6, 6.07) is 8.30. The van der Waals surface area contributed by atoms with E-state index in [0.717, 1.165) is 61.2 Å². The van der Waals surface area contributed by atoms with Gasteiger partial charge in [0.05, 0.1) is 18.0 Å². The van der Waals surface area contributed by atoms with Crippen molar-refractivity contribution < 1.29 is 9.90 Å². The number of fused-ring (bicyclic) bond motifs is 1. The molecule has 7 nitrogen and oxygen atoms in total. The highest BCUT2D eigenvalue weighted by Gasteiger charge is 2.24. The van der Waals surface area contributed by atoms with Crippen molar-refractivity contribution in [3.05, 3.63) is 48.4 Å². The number of aliphatic hydroxyl groups excluding tert-OH is 1. The molecule has 0 spiro atoms. The fourth-order valence-corrected chi connectivity index (χ4v) is 3.94. The molecular formula is C22H25N5O2. The highest BCUT2D eigenvalue weighted by molar-refractivity contribution is 5.95. The Labute approximate surface area is 169 Å². The third kappa shape index (κ3) is 3.82. The molecule has 0 saturated heterocycles. The lowest BCUT2D eigenvalue weighted by molar-refractivity contribution is 0.0951. The molecule has 0 aliphatic heterocycles. The van der Waals surface area contributed by atoms with Gasteiger partial charge in [0.15, 0.2) is 11.5 Å². The summed E-state index contributed by atoms with van der Waals surface area (Å²) >= 11 is 0. The molecule has 0 unspecified atom stereocenters. The highest BCUT2D eigenvalue weighted by Crippen LogP contribution is 2.27. The molecular weight excluding hydrogens is 366 g/mol. The summed E-state index contributed by atoms with van der Waals surface area (Å²) in [6.07, 6.45) is 11.0. The first-order valence-corrected chi connectivity index (χ1v) is 10.4. The van der Waals surface area contributed by atoms with Crippen LogP contribution in [0.1, 0.15) is 48.9 Å². The number of hydrogen-bond donors (Lipinski definition) is 3. The Morgan fingerprint density at radius 2 is 1.72 bits per heavy atom. The SMILES string of the molecule is O=C(NC1CC1)c1ccc(-c2cnc3c(NC4CCC(O)CC4)nccn23)cc1. The number of hydrogen-bond acceptors (Lipinski definition) is 5. The smallest absolute Gasteiger partial charge is 0.251 e. The largest absolute Gasteiger partial charge is 0.393 e. The van der Waals surface area contributed by atoms with Crippen LogP contribution in [0.2, 0.25) is 0 Å². The van der Waals surface area contributed by atoms with Crippen LogP contribution in [0.25, 0.3) is 16.9 Å². The summed E-state index contributed by atoms with van der Waals surface area (Å²) in [4.78, 5) is 21.3. The lowest BCUT2D eigenvalue weighted by Gasteiger charge is -2.26. The quantitative estimate of drug-likeness (QED) is 0.622. The topological polar surface area (TPSA) is 91.5 Å². The molecule has 0 atom stereocenters. The zero-order valence-electron chi connectivity index (χ0n) is 16.2. The van der Waals surface area contributed by atoms with Crippen LogP contribution in [0.3, 0.4) is 0 Å². The van der Waals surface area contributed by atoms with Crippen molar-refractivity contribution in [1.29, 1.82) is 0 Å². The van der Waals surface area contributed by atoms with E-state index >= 15 is 0 Å². The molecule has 1 amide bonds. The van der Waals surface area contributed by atoms with E-state index in [9.17, 15) is 9.90 Å². The number of imidazole rings is 1. The Morgan fingerprint density at radius 3 is 2.45 bits per heavy atom. The number of carbonyl (C=O) groups excluding carboxylic acids is 1. The van der Waals surface area contributed by atoms with Crippen LogP contribution in [-0.2, 0) is 0 Å². The van der Waals surface area contributed by atoms with Gasteiger partial charge in [-0.15, -0.1) is 0 Å². The van der Waals surface area contributed by atoms with Gasteiger partial charge in [-0.05, 0) is 50.7 Å². The summed E-state index contributed by atoms with van der Waals surface area (Å²) < 4.78 is 2.02. The number of amides is 1. The van der Waals surface area contributed by atoms with Crippen molar-refractivity contribution in [2.45, 2.75) is 56.7 Å². The number of anilines is 1. The first-order chi connectivity index (χ1) is 14.2. The van der Waals surface area contributed by atoms with Gasteiger partial charge in [0.25, 0.3) is 5.91 Å². The monoisotopic (exact) mass is 391 g/mol. The minimum absolute atomic E-state index is 0.00882. The molecule has 0 radical (unpaired) electrons. The summed E-state index contributed by atoms with van der Waals surface area (Å²) in [6.45, 7) is 0. The summed E-state index contributed by atoms with van der Waals surface area (Å²) in [5.74, 6) is 0.756. The van der Waals surface area contributed by atoms with Gasteiger partial charge in [-0.25, -0.2) is 9.97 Å². The van der Waals surface area contributed by atoms with E-state index in [-0.39, 0.29) is 12.0 Å². The van der Waals surface area contributed by atoms with Crippen molar-refractivity contribution in [2.24, 2.45) is 0 Å². The Kier molecular flexibility index (Phi) is 4.67. The van der Waals surface area contributed by atoms with E-state index in [1.165, 1.54) is 0 Å². The third-order valence-corrected chi connectivity index (χ3v) is 5.82. The highest BCUT2D eigenvalue weighted by atomic mass is 16.3. The molecule has 2 saturated carbocycles. The maximum Gasteiger partial charge on any atom is 0.251 e. The molecule has 3 N–H and O–H groups in total. The number of nitrogens with zero attached hydrogens (tertiary/aromatic N) is 3. The average molecular weight is 391 g/mol. The van der Waals surface area contributed by atoms with Gasteiger partial charge in [0.1, 0.15) is 0 Å². The first-order valence-electron chi connectivity index (χ1n) is 10.4. The van der Waals surface area contributed by atoms with Crippen LogP contribution >= 0.6 is 0 Å². The van der Waals surface area contributed by atoms with E-state index in [0.29, 0.717) is 17.6 Å². The lowest BCUT2D eigenvalue weighted by atomic mass is 9.93. The Hall–Kier alpha value is -2.93. The molecule has 7 heteroatoms. The molecule has 2 heterocycles. The Morgan fingerprint density at radius 1 is 1.00 bits per heavy atom. The maximum absolute atomic E-state index is 12.2. The molecule has 0 bridgehead atoms. The number of aromatic nitrogens is 3. The van der Waals surface area contributed by atoms with Crippen LogP contribution < -0.4 is 10.6 Å². The van der Waals surface area contributed by atoms with Crippen molar-refractivity contribution in [2.75, 3.05) is 5.32 Å². The molecule has 150 valence electrons. The van der Waals surface area contributed by atoms with Crippen LogP contribution in [0.4, 0.5) is 5.82 Å². The van der Waals surface area contributed by atoms with E-state index in [4.69, 9.17) is 0 Å². The Bertz CT molecular complexity index is 1020. The third-order valence-electron chi connectivity index (χ3n) is 5.82. The number of benzene rings is 1. The number of rotatable bonds is 5. The number of nitrogens with one attached hydrogen (secondary N) is 2. The zero-order valence-corrected chi connectivity index (χ0v) is 16.2. The van der Waals surface area contributed by atoms with Gasteiger partial charge in [0.2, 0.25) is 0 Å². The fraction of sp³-hybridized carbons (Fsp3) is 0.409. The van der Waals surface area contributed by atoms with Crippen LogP contribution in [-0.4, -0.2) is 43.6 Å². The summed E-state index contributed by atoms with van der Waals surface area (Å²) in [7, 11) is 0. The second-order valence-corrected chi connectivity index (χ2v) is 8.09. The summed E-state index contributed by atoms with van der Waals surface area (Å²) in [5.41, 5.74) is 3.42. The van der Waals surface area contributed by atoms with Crippen molar-refractivity contribution >= 4 is 17.4 Å². The van der Waals surface area contributed by atoms with Gasteiger partial charge in [-0.1, -0.05) is 12.1 Å². The zero-order chi connectivity index (χ0) is 19.8.